The van der Waals surface area contributed by atoms with E-state index in [0.717, 1.165) is 6.26 Å². The van der Waals surface area contributed by atoms with Gasteiger partial charge >= 0.3 is 0 Å². The molecule has 0 bridgehead atoms. The summed E-state index contributed by atoms with van der Waals surface area (Å²) in [6.07, 6.45) is 1.37. The van der Waals surface area contributed by atoms with Crippen LogP contribution >= 0.6 is 11.6 Å². The molecule has 2 aromatic carbocycles. The van der Waals surface area contributed by atoms with Crippen LogP contribution in [0.1, 0.15) is 25.3 Å². The van der Waals surface area contributed by atoms with Gasteiger partial charge in [0.2, 0.25) is 21.8 Å². The third kappa shape index (κ3) is 7.20. The van der Waals surface area contributed by atoms with E-state index in [1.807, 2.05) is 0 Å². The van der Waals surface area contributed by atoms with Crippen molar-refractivity contribution in [3.05, 3.63) is 64.9 Å². The van der Waals surface area contributed by atoms with Gasteiger partial charge in [-0.05, 0) is 55.3 Å². The van der Waals surface area contributed by atoms with Gasteiger partial charge in [0.15, 0.2) is 0 Å². The number of nitrogens with zero attached hydrogens (tertiary/aromatic N) is 2. The van der Waals surface area contributed by atoms with Gasteiger partial charge in [-0.2, -0.15) is 0 Å². The Morgan fingerprint density at radius 3 is 2.22 bits per heavy atom. The first-order valence-electron chi connectivity index (χ1n) is 10.0. The van der Waals surface area contributed by atoms with E-state index in [2.05, 4.69) is 5.32 Å². The summed E-state index contributed by atoms with van der Waals surface area (Å²) in [6, 6.07) is 11.3. The van der Waals surface area contributed by atoms with Crippen molar-refractivity contribution in [2.75, 3.05) is 24.2 Å². The number of sulfonamides is 1. The first-order chi connectivity index (χ1) is 15.0. The molecule has 0 aliphatic heterocycles. The van der Waals surface area contributed by atoms with Gasteiger partial charge in [-0.25, -0.2) is 12.8 Å². The monoisotopic (exact) mass is 483 g/mol. The predicted molar refractivity (Wildman–Crippen MR) is 123 cm³/mol. The molecule has 1 atom stereocenters. The summed E-state index contributed by atoms with van der Waals surface area (Å²) >= 11 is 5.88. The first kappa shape index (κ1) is 25.6. The average Bonchev–Trinajstić information content (AvgIpc) is 2.75. The van der Waals surface area contributed by atoms with Crippen molar-refractivity contribution < 1.29 is 22.4 Å². The van der Waals surface area contributed by atoms with E-state index in [1.54, 1.807) is 43.3 Å². The number of halogens is 2. The average molecular weight is 484 g/mol. The van der Waals surface area contributed by atoms with E-state index in [0.29, 0.717) is 16.3 Å². The van der Waals surface area contributed by atoms with Crippen molar-refractivity contribution >= 4 is 39.1 Å². The molecule has 0 unspecified atom stereocenters. The number of carbonyl (C=O) groups excluding carboxylic acids is 2. The lowest BCUT2D eigenvalue weighted by molar-refractivity contribution is -0.140. The summed E-state index contributed by atoms with van der Waals surface area (Å²) in [6.45, 7) is 1.82. The van der Waals surface area contributed by atoms with Crippen molar-refractivity contribution in [1.82, 2.24) is 10.2 Å². The SMILES string of the molecule is CNC(=O)[C@H](C)N(Cc1ccc(F)cc1)C(=O)CCCN(c1ccc(Cl)cc1)S(C)(=O)=O. The molecule has 0 heterocycles. The lowest BCUT2D eigenvalue weighted by Crippen LogP contribution is -2.46. The Hall–Kier alpha value is -2.65. The highest BCUT2D eigenvalue weighted by Crippen LogP contribution is 2.21. The van der Waals surface area contributed by atoms with Crippen LogP contribution in [0.4, 0.5) is 10.1 Å². The Morgan fingerprint density at radius 1 is 1.09 bits per heavy atom. The van der Waals surface area contributed by atoms with Gasteiger partial charge in [-0.15, -0.1) is 0 Å². The summed E-state index contributed by atoms with van der Waals surface area (Å²) in [5, 5.41) is 3.01. The Labute approximate surface area is 193 Å². The molecule has 0 saturated carbocycles. The molecule has 0 radical (unpaired) electrons. The second kappa shape index (κ2) is 11.3. The second-order valence-corrected chi connectivity index (χ2v) is 9.70. The number of hydrogen-bond acceptors (Lipinski definition) is 4. The molecule has 0 fully saturated rings. The van der Waals surface area contributed by atoms with E-state index in [-0.39, 0.29) is 37.7 Å². The van der Waals surface area contributed by atoms with Gasteiger partial charge in [0.1, 0.15) is 11.9 Å². The van der Waals surface area contributed by atoms with E-state index in [1.165, 1.54) is 28.4 Å². The maximum atomic E-state index is 13.2. The van der Waals surface area contributed by atoms with Crippen LogP contribution in [0.15, 0.2) is 48.5 Å². The fraction of sp³-hybridized carbons (Fsp3) is 0.364. The molecule has 7 nitrogen and oxygen atoms in total. The molecule has 2 amide bonds. The van der Waals surface area contributed by atoms with E-state index in [9.17, 15) is 22.4 Å². The van der Waals surface area contributed by atoms with Crippen LogP contribution in [-0.4, -0.2) is 51.0 Å². The first-order valence-corrected chi connectivity index (χ1v) is 12.2. The summed E-state index contributed by atoms with van der Waals surface area (Å²) in [5.41, 5.74) is 1.13. The zero-order valence-corrected chi connectivity index (χ0v) is 19.8. The van der Waals surface area contributed by atoms with Crippen molar-refractivity contribution in [3.63, 3.8) is 0 Å². The van der Waals surface area contributed by atoms with Crippen LogP contribution in [0.5, 0.6) is 0 Å². The van der Waals surface area contributed by atoms with Crippen molar-refractivity contribution in [2.24, 2.45) is 0 Å². The minimum atomic E-state index is -3.57. The number of carbonyl (C=O) groups is 2. The quantitative estimate of drug-likeness (QED) is 0.562. The van der Waals surface area contributed by atoms with Gasteiger partial charge < -0.3 is 10.2 Å². The van der Waals surface area contributed by atoms with Crippen molar-refractivity contribution in [1.29, 1.82) is 0 Å². The number of likely N-dealkylation sites (N-methyl/N-ethyl adjacent to an activating group) is 1. The van der Waals surface area contributed by atoms with Gasteiger partial charge in [-0.3, -0.25) is 13.9 Å². The van der Waals surface area contributed by atoms with Crippen LogP contribution in [0.3, 0.4) is 0 Å². The number of rotatable bonds is 10. The Balaban J connectivity index is 2.12. The standard InChI is InChI=1S/C22H27ClFN3O4S/c1-16(22(29)25-2)26(15-17-6-10-19(24)11-7-17)21(28)5-4-14-27(32(3,30)31)20-12-8-18(23)9-13-20/h6-13,16H,4-5,14-15H2,1-3H3,(H,25,29)/t16-/m0/s1. The number of anilines is 1. The number of hydrogen-bond donors (Lipinski definition) is 1. The topological polar surface area (TPSA) is 86.8 Å². The van der Waals surface area contributed by atoms with Crippen LogP contribution in [0.25, 0.3) is 0 Å². The zero-order valence-electron chi connectivity index (χ0n) is 18.2. The molecule has 32 heavy (non-hydrogen) atoms. The van der Waals surface area contributed by atoms with Crippen LogP contribution in [0, 0.1) is 5.82 Å². The van der Waals surface area contributed by atoms with Crippen molar-refractivity contribution in [2.45, 2.75) is 32.4 Å². The lowest BCUT2D eigenvalue weighted by atomic mass is 10.1. The highest BCUT2D eigenvalue weighted by Gasteiger charge is 2.26. The number of nitrogens with one attached hydrogen (secondary N) is 1. The highest BCUT2D eigenvalue weighted by molar-refractivity contribution is 7.92. The molecule has 1 N–H and O–H groups in total. The molecule has 0 spiro atoms. The summed E-state index contributed by atoms with van der Waals surface area (Å²) in [4.78, 5) is 26.5. The third-order valence-electron chi connectivity index (χ3n) is 4.95. The maximum Gasteiger partial charge on any atom is 0.242 e. The molecule has 0 aromatic heterocycles. The van der Waals surface area contributed by atoms with E-state index >= 15 is 0 Å². The van der Waals surface area contributed by atoms with Crippen molar-refractivity contribution in [3.8, 4) is 0 Å². The smallest absolute Gasteiger partial charge is 0.242 e. The fourth-order valence-electron chi connectivity index (χ4n) is 3.19. The minimum absolute atomic E-state index is 0.0299. The van der Waals surface area contributed by atoms with Crippen LogP contribution < -0.4 is 9.62 Å². The normalized spacial score (nSPS) is 12.2. The Bertz CT molecular complexity index is 1030. The number of amides is 2. The Morgan fingerprint density at radius 2 is 1.69 bits per heavy atom. The second-order valence-electron chi connectivity index (χ2n) is 7.35. The minimum Gasteiger partial charge on any atom is -0.357 e. The molecule has 174 valence electrons. The molecule has 0 saturated heterocycles. The molecule has 10 heteroatoms. The Kier molecular flexibility index (Phi) is 9.03. The van der Waals surface area contributed by atoms with E-state index < -0.39 is 21.9 Å². The van der Waals surface area contributed by atoms with Gasteiger partial charge in [0.25, 0.3) is 0 Å². The van der Waals surface area contributed by atoms with E-state index in [4.69, 9.17) is 11.6 Å². The molecule has 0 aliphatic carbocycles. The maximum absolute atomic E-state index is 13.2. The fourth-order valence-corrected chi connectivity index (χ4v) is 4.28. The van der Waals surface area contributed by atoms with Gasteiger partial charge in [0.05, 0.1) is 11.9 Å². The summed E-state index contributed by atoms with van der Waals surface area (Å²) < 4.78 is 38.9. The predicted octanol–water partition coefficient (Wildman–Crippen LogP) is 3.19. The van der Waals surface area contributed by atoms with Crippen LogP contribution in [0.2, 0.25) is 5.02 Å². The third-order valence-corrected chi connectivity index (χ3v) is 6.39. The summed E-state index contributed by atoms with van der Waals surface area (Å²) in [5.74, 6) is -1.04. The molecule has 2 aromatic rings. The molecular formula is C22H27ClFN3O4S. The van der Waals surface area contributed by atoms with Gasteiger partial charge in [0, 0.05) is 31.6 Å². The largest absolute Gasteiger partial charge is 0.357 e. The van der Waals surface area contributed by atoms with Crippen LogP contribution in [-0.2, 0) is 26.2 Å². The summed E-state index contributed by atoms with van der Waals surface area (Å²) in [7, 11) is -2.09. The highest BCUT2D eigenvalue weighted by atomic mass is 35.5. The zero-order chi connectivity index (χ0) is 23.9. The lowest BCUT2D eigenvalue weighted by Gasteiger charge is -2.29. The van der Waals surface area contributed by atoms with Gasteiger partial charge in [-0.1, -0.05) is 23.7 Å². The molecule has 0 aliphatic rings. The molecule has 2 rings (SSSR count). The molecular weight excluding hydrogens is 457 g/mol. The number of benzene rings is 2.